The summed E-state index contributed by atoms with van der Waals surface area (Å²) >= 11 is 3.44. The summed E-state index contributed by atoms with van der Waals surface area (Å²) in [5.41, 5.74) is 1.95. The van der Waals surface area contributed by atoms with Crippen molar-refractivity contribution in [3.8, 4) is 17.1 Å². The van der Waals surface area contributed by atoms with Gasteiger partial charge in [-0.05, 0) is 38.0 Å². The molecule has 1 aromatic carbocycles. The quantitative estimate of drug-likeness (QED) is 0.693. The molecule has 26 heavy (non-hydrogen) atoms. The molecule has 1 fully saturated rings. The molecule has 0 saturated heterocycles. The van der Waals surface area contributed by atoms with E-state index >= 15 is 0 Å². The maximum absolute atomic E-state index is 12.9. The number of H-pyrrole nitrogens is 1. The number of aromatic amines is 1. The number of benzene rings is 1. The van der Waals surface area contributed by atoms with Gasteiger partial charge in [-0.2, -0.15) is 0 Å². The van der Waals surface area contributed by atoms with Crippen molar-refractivity contribution in [1.82, 2.24) is 19.4 Å². The molecule has 0 atom stereocenters. The van der Waals surface area contributed by atoms with Gasteiger partial charge >= 0.3 is 5.69 Å². The van der Waals surface area contributed by atoms with Crippen LogP contribution >= 0.6 is 15.9 Å². The molecule has 3 aromatic rings. The first-order chi connectivity index (χ1) is 12.6. The van der Waals surface area contributed by atoms with Crippen LogP contribution in [0.1, 0.15) is 49.5 Å². The van der Waals surface area contributed by atoms with E-state index in [2.05, 4.69) is 20.9 Å². The van der Waals surface area contributed by atoms with Crippen molar-refractivity contribution in [2.24, 2.45) is 0 Å². The third-order valence-corrected chi connectivity index (χ3v) is 5.58. The average molecular weight is 417 g/mol. The Morgan fingerprint density at radius 1 is 1.23 bits per heavy atom. The molecular formula is C19H21BrN4O2. The van der Waals surface area contributed by atoms with E-state index in [0.29, 0.717) is 23.1 Å². The van der Waals surface area contributed by atoms with Crippen LogP contribution in [-0.2, 0) is 0 Å². The van der Waals surface area contributed by atoms with Gasteiger partial charge in [0.2, 0.25) is 0 Å². The highest BCUT2D eigenvalue weighted by atomic mass is 79.9. The van der Waals surface area contributed by atoms with Crippen molar-refractivity contribution in [3.63, 3.8) is 0 Å². The van der Waals surface area contributed by atoms with Gasteiger partial charge in [0.1, 0.15) is 17.4 Å². The number of nitrogens with one attached hydrogen (secondary N) is 1. The average Bonchev–Trinajstić information content (AvgIpc) is 2.99. The van der Waals surface area contributed by atoms with Gasteiger partial charge < -0.3 is 4.74 Å². The first kappa shape index (κ1) is 17.3. The molecule has 7 heteroatoms. The Labute approximate surface area is 159 Å². The van der Waals surface area contributed by atoms with Crippen molar-refractivity contribution in [2.45, 2.75) is 44.9 Å². The molecule has 0 bridgehead atoms. The molecule has 0 radical (unpaired) electrons. The summed E-state index contributed by atoms with van der Waals surface area (Å²) in [5, 5.41) is 0. The van der Waals surface area contributed by atoms with Gasteiger partial charge in [-0.1, -0.05) is 35.2 Å². The first-order valence-corrected chi connectivity index (χ1v) is 9.71. The van der Waals surface area contributed by atoms with E-state index < -0.39 is 0 Å². The van der Waals surface area contributed by atoms with Gasteiger partial charge in [-0.15, -0.1) is 0 Å². The maximum Gasteiger partial charge on any atom is 0.334 e. The molecule has 4 rings (SSSR count). The summed E-state index contributed by atoms with van der Waals surface area (Å²) < 4.78 is 8.01. The fraction of sp³-hybridized carbons (Fsp3) is 0.421. The van der Waals surface area contributed by atoms with Crippen LogP contribution in [0.5, 0.6) is 5.75 Å². The van der Waals surface area contributed by atoms with Crippen molar-refractivity contribution in [3.05, 3.63) is 44.7 Å². The molecule has 0 spiro atoms. The molecule has 1 N–H and O–H groups in total. The number of methoxy groups -OCH3 is 1. The number of aromatic nitrogens is 4. The molecule has 2 heterocycles. The molecule has 1 aliphatic carbocycles. The van der Waals surface area contributed by atoms with E-state index in [1.807, 2.05) is 25.1 Å². The number of nitrogens with zero attached hydrogens (tertiary/aromatic N) is 3. The van der Waals surface area contributed by atoms with Crippen LogP contribution in [0.4, 0.5) is 0 Å². The number of fused-ring (bicyclic) bond motifs is 1. The second-order valence-corrected chi connectivity index (χ2v) is 7.70. The van der Waals surface area contributed by atoms with E-state index in [1.165, 1.54) is 19.3 Å². The van der Waals surface area contributed by atoms with Gasteiger partial charge in [-0.25, -0.2) is 19.2 Å². The van der Waals surface area contributed by atoms with E-state index in [4.69, 9.17) is 14.7 Å². The van der Waals surface area contributed by atoms with Crippen LogP contribution in [0.25, 0.3) is 17.0 Å². The van der Waals surface area contributed by atoms with Crippen molar-refractivity contribution in [2.75, 3.05) is 7.11 Å². The normalized spacial score (nSPS) is 15.5. The summed E-state index contributed by atoms with van der Waals surface area (Å²) in [6.07, 6.45) is 5.82. The Hall–Kier alpha value is -2.15. The lowest BCUT2D eigenvalue weighted by Gasteiger charge is -2.20. The summed E-state index contributed by atoms with van der Waals surface area (Å²) in [5.74, 6) is 2.32. The largest absolute Gasteiger partial charge is 0.496 e. The SMILES string of the molecule is COc1cc(Br)ccc1-c1nc2c(C)nc(C3CCCCC3)n2c(=O)[nH]1. The van der Waals surface area contributed by atoms with Gasteiger partial charge in [0.15, 0.2) is 5.65 Å². The minimum absolute atomic E-state index is 0.198. The summed E-state index contributed by atoms with van der Waals surface area (Å²) in [4.78, 5) is 25.2. The molecule has 2 aromatic heterocycles. The van der Waals surface area contributed by atoms with Crippen molar-refractivity contribution in [1.29, 1.82) is 0 Å². The molecule has 6 nitrogen and oxygen atoms in total. The van der Waals surface area contributed by atoms with Crippen LogP contribution in [0.2, 0.25) is 0 Å². The molecule has 1 saturated carbocycles. The number of aryl methyl sites for hydroxylation is 1. The Balaban J connectivity index is 1.88. The number of hydrogen-bond acceptors (Lipinski definition) is 4. The lowest BCUT2D eigenvalue weighted by Crippen LogP contribution is -2.22. The standard InChI is InChI=1S/C19H21BrN4O2/c1-11-17-22-16(14-9-8-13(20)10-15(14)26-2)23-19(25)24(17)18(21-11)12-6-4-3-5-7-12/h8-10,12H,3-7H2,1-2H3,(H,22,23,25). The number of hydrogen-bond donors (Lipinski definition) is 1. The Kier molecular flexibility index (Phi) is 4.56. The van der Waals surface area contributed by atoms with Crippen LogP contribution in [-0.4, -0.2) is 26.5 Å². The van der Waals surface area contributed by atoms with Gasteiger partial charge in [-0.3, -0.25) is 4.98 Å². The van der Waals surface area contributed by atoms with Gasteiger partial charge in [0.25, 0.3) is 0 Å². The van der Waals surface area contributed by atoms with Crippen LogP contribution < -0.4 is 10.4 Å². The Morgan fingerprint density at radius 3 is 2.73 bits per heavy atom. The predicted molar refractivity (Wildman–Crippen MR) is 104 cm³/mol. The number of halogens is 1. The van der Waals surface area contributed by atoms with Crippen molar-refractivity contribution < 1.29 is 4.74 Å². The van der Waals surface area contributed by atoms with E-state index in [9.17, 15) is 4.79 Å². The minimum Gasteiger partial charge on any atom is -0.496 e. The lowest BCUT2D eigenvalue weighted by molar-refractivity contribution is 0.415. The van der Waals surface area contributed by atoms with Gasteiger partial charge in [0, 0.05) is 10.4 Å². The van der Waals surface area contributed by atoms with E-state index in [-0.39, 0.29) is 5.69 Å². The monoisotopic (exact) mass is 416 g/mol. The zero-order valence-electron chi connectivity index (χ0n) is 14.9. The summed E-state index contributed by atoms with van der Waals surface area (Å²) in [7, 11) is 1.60. The fourth-order valence-corrected chi connectivity index (χ4v) is 4.13. The number of rotatable bonds is 3. The molecule has 0 unspecified atom stereocenters. The zero-order chi connectivity index (χ0) is 18.3. The van der Waals surface area contributed by atoms with Crippen molar-refractivity contribution >= 4 is 21.6 Å². The predicted octanol–water partition coefficient (Wildman–Crippen LogP) is 4.21. The highest BCUT2D eigenvalue weighted by Crippen LogP contribution is 2.33. The van der Waals surface area contributed by atoms with Crippen LogP contribution in [0, 0.1) is 6.92 Å². The Morgan fingerprint density at radius 2 is 2.00 bits per heavy atom. The zero-order valence-corrected chi connectivity index (χ0v) is 16.5. The second kappa shape index (κ2) is 6.87. The number of ether oxygens (including phenoxy) is 1. The lowest BCUT2D eigenvalue weighted by atomic mass is 9.89. The molecule has 0 amide bonds. The molecule has 136 valence electrons. The minimum atomic E-state index is -0.198. The maximum atomic E-state index is 12.9. The summed E-state index contributed by atoms with van der Waals surface area (Å²) in [6.45, 7) is 1.91. The highest BCUT2D eigenvalue weighted by Gasteiger charge is 2.24. The van der Waals surface area contributed by atoms with E-state index in [0.717, 1.165) is 34.4 Å². The molecule has 0 aliphatic heterocycles. The second-order valence-electron chi connectivity index (χ2n) is 6.78. The Bertz CT molecular complexity index is 1020. The fourth-order valence-electron chi connectivity index (χ4n) is 3.79. The van der Waals surface area contributed by atoms with Crippen LogP contribution in [0.15, 0.2) is 27.5 Å². The smallest absolute Gasteiger partial charge is 0.334 e. The van der Waals surface area contributed by atoms with E-state index in [1.54, 1.807) is 11.5 Å². The highest BCUT2D eigenvalue weighted by molar-refractivity contribution is 9.10. The third-order valence-electron chi connectivity index (χ3n) is 5.08. The molecule has 1 aliphatic rings. The first-order valence-electron chi connectivity index (χ1n) is 8.91. The van der Waals surface area contributed by atoms with Gasteiger partial charge in [0.05, 0.1) is 18.4 Å². The topological polar surface area (TPSA) is 72.3 Å². The molecular weight excluding hydrogens is 396 g/mol. The third kappa shape index (κ3) is 2.94. The number of imidazole rings is 1. The van der Waals surface area contributed by atoms with Crippen LogP contribution in [0.3, 0.4) is 0 Å². The summed E-state index contributed by atoms with van der Waals surface area (Å²) in [6, 6.07) is 5.64.